The number of esters is 3. The second-order valence-corrected chi connectivity index (χ2v) is 24.5. The number of ether oxygens (including phenoxy) is 3. The molecule has 0 spiro atoms. The fraction of sp³-hybridized carbons (Fsp3) is 0.829. The van der Waals surface area contributed by atoms with Gasteiger partial charge in [-0.25, -0.2) is 0 Å². The van der Waals surface area contributed by atoms with E-state index >= 15 is 0 Å². The fourth-order valence-corrected chi connectivity index (χ4v) is 10.8. The predicted octanol–water partition coefficient (Wildman–Crippen LogP) is 25.1. The smallest absolute Gasteiger partial charge is 0.306 e. The standard InChI is InChI=1S/C76H138O6/c1-4-7-10-13-16-19-21-23-25-27-29-31-33-34-35-36-37-38-39-40-41-42-44-45-47-49-51-53-55-57-60-63-66-69-75(78)81-72-73(71-80-74(77)68-65-62-59-18-15-12-9-6-3)82-76(79)70-67-64-61-58-56-54-52-50-48-46-43-32-30-28-26-24-22-20-17-14-11-8-5-2/h21-24,27-30,43,46,73H,4-20,25-26,31-42,44-45,47-72H2,1-3H3/b23-21-,24-22-,29-27-,30-28-,46-43-. The molecular formula is C76H138O6. The van der Waals surface area contributed by atoms with E-state index in [-0.39, 0.29) is 31.1 Å². The van der Waals surface area contributed by atoms with Crippen LogP contribution in [0.15, 0.2) is 60.8 Å². The van der Waals surface area contributed by atoms with Crippen molar-refractivity contribution in [2.75, 3.05) is 13.2 Å². The highest BCUT2D eigenvalue weighted by Crippen LogP contribution is 2.18. The molecule has 0 N–H and O–H groups in total. The lowest BCUT2D eigenvalue weighted by molar-refractivity contribution is -0.167. The molecule has 1 atom stereocenters. The Morgan fingerprint density at radius 1 is 0.244 bits per heavy atom. The van der Waals surface area contributed by atoms with E-state index in [1.165, 1.54) is 263 Å². The summed E-state index contributed by atoms with van der Waals surface area (Å²) in [6.07, 6.45) is 91.4. The molecular weight excluding hydrogens is 1010 g/mol. The lowest BCUT2D eigenvalue weighted by Gasteiger charge is -2.18. The highest BCUT2D eigenvalue weighted by molar-refractivity contribution is 5.71. The summed E-state index contributed by atoms with van der Waals surface area (Å²) in [4.78, 5) is 38.2. The van der Waals surface area contributed by atoms with E-state index in [0.29, 0.717) is 19.3 Å². The average molecular weight is 1150 g/mol. The molecule has 0 aromatic heterocycles. The topological polar surface area (TPSA) is 78.9 Å². The van der Waals surface area contributed by atoms with Crippen LogP contribution < -0.4 is 0 Å². The molecule has 0 bridgehead atoms. The van der Waals surface area contributed by atoms with Gasteiger partial charge in [-0.15, -0.1) is 0 Å². The number of hydrogen-bond acceptors (Lipinski definition) is 6. The third kappa shape index (κ3) is 67.9. The Labute approximate surface area is 510 Å². The molecule has 1 unspecified atom stereocenters. The molecule has 478 valence electrons. The first-order valence-electron chi connectivity index (χ1n) is 36.3. The molecule has 6 nitrogen and oxygen atoms in total. The molecule has 0 saturated carbocycles. The molecule has 0 heterocycles. The Hall–Kier alpha value is -2.89. The van der Waals surface area contributed by atoms with Crippen molar-refractivity contribution in [3.05, 3.63) is 60.8 Å². The van der Waals surface area contributed by atoms with Crippen LogP contribution in [0, 0.1) is 0 Å². The van der Waals surface area contributed by atoms with Gasteiger partial charge in [0.15, 0.2) is 6.10 Å². The number of hydrogen-bond donors (Lipinski definition) is 0. The van der Waals surface area contributed by atoms with E-state index in [9.17, 15) is 14.4 Å². The van der Waals surface area contributed by atoms with Crippen LogP contribution in [0.3, 0.4) is 0 Å². The van der Waals surface area contributed by atoms with Gasteiger partial charge in [0, 0.05) is 19.3 Å². The van der Waals surface area contributed by atoms with Gasteiger partial charge in [-0.05, 0) is 89.9 Å². The van der Waals surface area contributed by atoms with Crippen LogP contribution in [0.2, 0.25) is 0 Å². The molecule has 0 aliphatic rings. The van der Waals surface area contributed by atoms with Crippen molar-refractivity contribution in [1.82, 2.24) is 0 Å². The van der Waals surface area contributed by atoms with E-state index in [2.05, 4.69) is 81.5 Å². The minimum absolute atomic E-state index is 0.0725. The van der Waals surface area contributed by atoms with Crippen molar-refractivity contribution in [2.24, 2.45) is 0 Å². The van der Waals surface area contributed by atoms with Gasteiger partial charge in [-0.2, -0.15) is 0 Å². The molecule has 0 aliphatic heterocycles. The Morgan fingerprint density at radius 2 is 0.439 bits per heavy atom. The van der Waals surface area contributed by atoms with Crippen LogP contribution in [-0.2, 0) is 28.6 Å². The Bertz CT molecular complexity index is 1460. The first kappa shape index (κ1) is 79.1. The summed E-state index contributed by atoms with van der Waals surface area (Å²) in [5, 5.41) is 0. The molecule has 6 heteroatoms. The zero-order valence-electron chi connectivity index (χ0n) is 55.0. The number of rotatable bonds is 67. The van der Waals surface area contributed by atoms with E-state index in [0.717, 1.165) is 83.5 Å². The molecule has 0 aromatic rings. The van der Waals surface area contributed by atoms with Gasteiger partial charge in [-0.3, -0.25) is 14.4 Å². The largest absolute Gasteiger partial charge is 0.462 e. The summed E-state index contributed by atoms with van der Waals surface area (Å²) < 4.78 is 16.9. The summed E-state index contributed by atoms with van der Waals surface area (Å²) in [6.45, 7) is 6.64. The predicted molar refractivity (Wildman–Crippen MR) is 358 cm³/mol. The van der Waals surface area contributed by atoms with Crippen molar-refractivity contribution in [1.29, 1.82) is 0 Å². The summed E-state index contributed by atoms with van der Waals surface area (Å²) in [5.74, 6) is -0.862. The summed E-state index contributed by atoms with van der Waals surface area (Å²) >= 11 is 0. The van der Waals surface area contributed by atoms with Gasteiger partial charge in [0.2, 0.25) is 0 Å². The average Bonchev–Trinajstić information content (AvgIpc) is 3.47. The minimum Gasteiger partial charge on any atom is -0.462 e. The van der Waals surface area contributed by atoms with E-state index in [1.807, 2.05) is 0 Å². The highest BCUT2D eigenvalue weighted by atomic mass is 16.6. The van der Waals surface area contributed by atoms with E-state index in [1.54, 1.807) is 0 Å². The van der Waals surface area contributed by atoms with Crippen LogP contribution in [0.4, 0.5) is 0 Å². The lowest BCUT2D eigenvalue weighted by atomic mass is 10.0. The maximum Gasteiger partial charge on any atom is 0.306 e. The fourth-order valence-electron chi connectivity index (χ4n) is 10.8. The third-order valence-electron chi connectivity index (χ3n) is 16.2. The SMILES string of the molecule is CCCCCCC/C=C\C/C=C\C/C=C\CCCCCCCCCCC(=O)OC(COC(=O)CCCCCCCCCC)COC(=O)CCCCCCCCCCCCCCCCCCCCCCC/C=C\C/C=C\CCCCCCC. The first-order chi connectivity index (χ1) is 40.5. The Morgan fingerprint density at radius 3 is 0.683 bits per heavy atom. The number of carbonyl (C=O) groups is 3. The molecule has 0 saturated heterocycles. The monoisotopic (exact) mass is 1150 g/mol. The molecule has 82 heavy (non-hydrogen) atoms. The van der Waals surface area contributed by atoms with Crippen LogP contribution in [-0.4, -0.2) is 37.2 Å². The first-order valence-corrected chi connectivity index (χ1v) is 36.3. The zero-order valence-corrected chi connectivity index (χ0v) is 55.0. The zero-order chi connectivity index (χ0) is 59.2. The van der Waals surface area contributed by atoms with Crippen molar-refractivity contribution in [2.45, 2.75) is 393 Å². The Kier molecular flexibility index (Phi) is 68.1. The van der Waals surface area contributed by atoms with Gasteiger partial charge in [-0.1, -0.05) is 338 Å². The third-order valence-corrected chi connectivity index (χ3v) is 16.2. The van der Waals surface area contributed by atoms with Gasteiger partial charge in [0.25, 0.3) is 0 Å². The van der Waals surface area contributed by atoms with Crippen LogP contribution in [0.25, 0.3) is 0 Å². The van der Waals surface area contributed by atoms with E-state index < -0.39 is 6.10 Å². The second kappa shape index (κ2) is 70.6. The van der Waals surface area contributed by atoms with Gasteiger partial charge >= 0.3 is 17.9 Å². The van der Waals surface area contributed by atoms with Crippen LogP contribution in [0.5, 0.6) is 0 Å². The molecule has 0 aromatic carbocycles. The quantitative estimate of drug-likeness (QED) is 0.0261. The van der Waals surface area contributed by atoms with Crippen LogP contribution in [0.1, 0.15) is 387 Å². The van der Waals surface area contributed by atoms with Crippen molar-refractivity contribution in [3.8, 4) is 0 Å². The molecule has 0 rings (SSSR count). The number of carbonyl (C=O) groups excluding carboxylic acids is 3. The second-order valence-electron chi connectivity index (χ2n) is 24.5. The maximum absolute atomic E-state index is 12.9. The molecule has 0 aliphatic carbocycles. The maximum atomic E-state index is 12.9. The summed E-state index contributed by atoms with van der Waals surface area (Å²) in [6, 6.07) is 0. The van der Waals surface area contributed by atoms with Crippen molar-refractivity contribution in [3.63, 3.8) is 0 Å². The molecule has 0 amide bonds. The molecule has 0 fully saturated rings. The van der Waals surface area contributed by atoms with E-state index in [4.69, 9.17) is 14.2 Å². The minimum atomic E-state index is -0.775. The van der Waals surface area contributed by atoms with Gasteiger partial charge < -0.3 is 14.2 Å². The van der Waals surface area contributed by atoms with Crippen LogP contribution >= 0.6 is 0 Å². The normalized spacial score (nSPS) is 12.4. The lowest BCUT2D eigenvalue weighted by Crippen LogP contribution is -2.30. The summed E-state index contributed by atoms with van der Waals surface area (Å²) in [7, 11) is 0. The van der Waals surface area contributed by atoms with Gasteiger partial charge in [0.05, 0.1) is 0 Å². The Balaban J connectivity index is 4.04. The summed E-state index contributed by atoms with van der Waals surface area (Å²) in [5.41, 5.74) is 0. The molecule has 0 radical (unpaired) electrons. The number of unbranched alkanes of at least 4 members (excludes halogenated alkanes) is 46. The van der Waals surface area contributed by atoms with Crippen molar-refractivity contribution < 1.29 is 28.6 Å². The van der Waals surface area contributed by atoms with Gasteiger partial charge in [0.1, 0.15) is 13.2 Å². The number of allylic oxidation sites excluding steroid dienone is 10. The van der Waals surface area contributed by atoms with Crippen molar-refractivity contribution >= 4 is 17.9 Å². The highest BCUT2D eigenvalue weighted by Gasteiger charge is 2.19.